The number of hydrogen-bond acceptors (Lipinski definition) is 5. The van der Waals surface area contributed by atoms with Gasteiger partial charge in [0, 0.05) is 14.1 Å². The quantitative estimate of drug-likeness (QED) is 0.572. The molecule has 0 amide bonds. The highest BCUT2D eigenvalue weighted by molar-refractivity contribution is 7.92. The average Bonchev–Trinajstić information content (AvgIpc) is 2.28. The number of nitrogens with zero attached hydrogens (tertiary/aromatic N) is 2. The van der Waals surface area contributed by atoms with Crippen LogP contribution in [-0.4, -0.2) is 41.3 Å². The summed E-state index contributed by atoms with van der Waals surface area (Å²) in [5.74, 6) is 0. The first-order chi connectivity index (χ1) is 8.23. The Balaban J connectivity index is 3.67. The zero-order valence-electron chi connectivity index (χ0n) is 9.56. The monoisotopic (exact) mass is 290 g/mol. The molecule has 0 aliphatic rings. The number of hydrogen-bond donors (Lipinski definition) is 0. The van der Waals surface area contributed by atoms with Gasteiger partial charge >= 0.3 is 0 Å². The zero-order valence-corrected chi connectivity index (χ0v) is 11.2. The Bertz CT molecular complexity index is 700. The van der Waals surface area contributed by atoms with Crippen LogP contribution in [0.3, 0.4) is 0 Å². The van der Waals surface area contributed by atoms with E-state index in [9.17, 15) is 21.6 Å². The van der Waals surface area contributed by atoms with Gasteiger partial charge in [-0.05, 0) is 12.1 Å². The molecule has 18 heavy (non-hydrogen) atoms. The Morgan fingerprint density at radius 1 is 1.06 bits per heavy atom. The van der Waals surface area contributed by atoms with Crippen molar-refractivity contribution in [2.75, 3.05) is 14.1 Å². The molecule has 0 aliphatic carbocycles. The smallest absolute Gasteiger partial charge is 0.210 e. The molecular formula is C9H10N2O5S2. The molecule has 0 unspecified atom stereocenters. The molecule has 0 atom stereocenters. The highest BCUT2D eigenvalue weighted by Crippen LogP contribution is 2.23. The molecule has 0 aliphatic heterocycles. The average molecular weight is 290 g/mol. The Kier molecular flexibility index (Phi) is 4.02. The fourth-order valence-electron chi connectivity index (χ4n) is 1.17. The van der Waals surface area contributed by atoms with Gasteiger partial charge in [0.05, 0.1) is 0 Å². The van der Waals surface area contributed by atoms with E-state index in [0.29, 0.717) is 0 Å². The molecule has 1 rings (SSSR count). The van der Waals surface area contributed by atoms with Crippen LogP contribution in [-0.2, 0) is 24.8 Å². The van der Waals surface area contributed by atoms with Gasteiger partial charge in [-0.1, -0.05) is 16.5 Å². The molecule has 9 heteroatoms. The fourth-order valence-corrected chi connectivity index (χ4v) is 3.54. The van der Waals surface area contributed by atoms with Gasteiger partial charge < -0.3 is 0 Å². The number of rotatable bonds is 4. The van der Waals surface area contributed by atoms with Crippen molar-refractivity contribution >= 4 is 26.1 Å². The zero-order chi connectivity index (χ0) is 14.0. The Labute approximate surface area is 105 Å². The van der Waals surface area contributed by atoms with Crippen molar-refractivity contribution in [2.24, 2.45) is 4.40 Å². The lowest BCUT2D eigenvalue weighted by Crippen LogP contribution is -2.24. The van der Waals surface area contributed by atoms with E-state index in [2.05, 4.69) is 4.40 Å². The summed E-state index contributed by atoms with van der Waals surface area (Å²) in [7, 11) is -5.78. The molecular weight excluding hydrogens is 280 g/mol. The van der Waals surface area contributed by atoms with Gasteiger partial charge in [-0.3, -0.25) is 0 Å². The molecule has 0 N–H and O–H groups in total. The van der Waals surface area contributed by atoms with Gasteiger partial charge in [-0.25, -0.2) is 17.5 Å². The van der Waals surface area contributed by atoms with E-state index >= 15 is 0 Å². The van der Waals surface area contributed by atoms with Crippen molar-refractivity contribution in [2.45, 2.75) is 9.79 Å². The lowest BCUT2D eigenvalue weighted by Gasteiger charge is -2.13. The van der Waals surface area contributed by atoms with Gasteiger partial charge in [-0.2, -0.15) is 8.42 Å². The largest absolute Gasteiger partial charge is 0.294 e. The second kappa shape index (κ2) is 4.99. The van der Waals surface area contributed by atoms with E-state index in [-0.39, 0.29) is 0 Å². The maximum atomic E-state index is 11.9. The minimum Gasteiger partial charge on any atom is -0.210 e. The van der Waals surface area contributed by atoms with Crippen molar-refractivity contribution in [3.63, 3.8) is 0 Å². The Hall–Kier alpha value is -1.54. The van der Waals surface area contributed by atoms with Crippen LogP contribution >= 0.6 is 0 Å². The lowest BCUT2D eigenvalue weighted by molar-refractivity contribution is 0.517. The molecule has 0 fully saturated rings. The molecule has 0 spiro atoms. The van der Waals surface area contributed by atoms with Crippen molar-refractivity contribution < 1.29 is 21.6 Å². The number of benzene rings is 1. The minimum atomic E-state index is -4.36. The van der Waals surface area contributed by atoms with Crippen LogP contribution in [0.15, 0.2) is 38.5 Å². The predicted molar refractivity (Wildman–Crippen MR) is 62.6 cm³/mol. The third-order valence-corrected chi connectivity index (χ3v) is 5.27. The third kappa shape index (κ3) is 2.65. The van der Waals surface area contributed by atoms with Gasteiger partial charge in [0.1, 0.15) is 9.79 Å². The van der Waals surface area contributed by atoms with Crippen LogP contribution in [0.4, 0.5) is 0 Å². The molecule has 0 aromatic heterocycles. The molecule has 1 aromatic carbocycles. The second-order valence-electron chi connectivity index (χ2n) is 3.39. The van der Waals surface area contributed by atoms with Crippen LogP contribution < -0.4 is 0 Å². The summed E-state index contributed by atoms with van der Waals surface area (Å²) in [6.07, 6.45) is 0.893. The topological polar surface area (TPSA) is 101 Å². The van der Waals surface area contributed by atoms with Crippen LogP contribution in [0, 0.1) is 0 Å². The van der Waals surface area contributed by atoms with Crippen molar-refractivity contribution in [1.29, 1.82) is 0 Å². The molecule has 0 heterocycles. The summed E-state index contributed by atoms with van der Waals surface area (Å²) < 4.78 is 50.6. The van der Waals surface area contributed by atoms with Crippen LogP contribution in [0.1, 0.15) is 0 Å². The van der Waals surface area contributed by atoms with E-state index in [1.807, 2.05) is 0 Å². The first kappa shape index (κ1) is 14.5. The SMILES string of the molecule is CN(C)S(=O)(=O)c1ccccc1S(=O)(=O)N=C=O. The lowest BCUT2D eigenvalue weighted by atomic mass is 10.4. The van der Waals surface area contributed by atoms with E-state index in [1.165, 1.54) is 26.2 Å². The van der Waals surface area contributed by atoms with Gasteiger partial charge in [-0.15, -0.1) is 0 Å². The third-order valence-electron chi connectivity index (χ3n) is 2.04. The van der Waals surface area contributed by atoms with Gasteiger partial charge in [0.15, 0.2) is 0 Å². The molecule has 0 saturated carbocycles. The summed E-state index contributed by atoms with van der Waals surface area (Å²) >= 11 is 0. The summed E-state index contributed by atoms with van der Waals surface area (Å²) in [6, 6.07) is 4.90. The highest BCUT2D eigenvalue weighted by Gasteiger charge is 2.27. The van der Waals surface area contributed by atoms with Gasteiger partial charge in [0.2, 0.25) is 10.0 Å². The fraction of sp³-hybridized carbons (Fsp3) is 0.222. The van der Waals surface area contributed by atoms with Crippen LogP contribution in [0.25, 0.3) is 0 Å². The summed E-state index contributed by atoms with van der Waals surface area (Å²) in [5, 5.41) is 0. The maximum absolute atomic E-state index is 11.9. The van der Waals surface area contributed by atoms with Crippen LogP contribution in [0.2, 0.25) is 0 Å². The predicted octanol–water partition coefficient (Wildman–Crippen LogP) is -0.0386. The standard InChI is InChI=1S/C9H10N2O5S2/c1-11(2)18(15,16)9-6-4-3-5-8(9)17(13,14)10-7-12/h3-6H,1-2H3. The van der Waals surface area contributed by atoms with Crippen LogP contribution in [0.5, 0.6) is 0 Å². The first-order valence-corrected chi connectivity index (χ1v) is 7.47. The van der Waals surface area contributed by atoms with E-state index in [0.717, 1.165) is 22.5 Å². The first-order valence-electron chi connectivity index (χ1n) is 4.59. The molecule has 1 aromatic rings. The van der Waals surface area contributed by atoms with E-state index in [4.69, 9.17) is 0 Å². The number of isocyanates is 1. The second-order valence-corrected chi connectivity index (χ2v) is 7.08. The molecule has 98 valence electrons. The Morgan fingerprint density at radius 2 is 1.56 bits per heavy atom. The normalized spacial score (nSPS) is 12.2. The summed E-state index contributed by atoms with van der Waals surface area (Å²) in [4.78, 5) is 9.07. The highest BCUT2D eigenvalue weighted by atomic mass is 32.2. The molecule has 0 bridgehead atoms. The maximum Gasteiger partial charge on any atom is 0.294 e. The molecule has 0 radical (unpaired) electrons. The summed E-state index contributed by atoms with van der Waals surface area (Å²) in [5.41, 5.74) is 0. The van der Waals surface area contributed by atoms with Crippen molar-refractivity contribution in [3.05, 3.63) is 24.3 Å². The summed E-state index contributed by atoms with van der Waals surface area (Å²) in [6.45, 7) is 0. The van der Waals surface area contributed by atoms with Gasteiger partial charge in [0.25, 0.3) is 16.1 Å². The van der Waals surface area contributed by atoms with E-state index in [1.54, 1.807) is 0 Å². The number of carbonyl (C=O) groups excluding carboxylic acids is 1. The number of sulfonamides is 2. The molecule has 0 saturated heterocycles. The Morgan fingerprint density at radius 3 is 2.00 bits per heavy atom. The van der Waals surface area contributed by atoms with E-state index < -0.39 is 29.8 Å². The van der Waals surface area contributed by atoms with Crippen molar-refractivity contribution in [3.8, 4) is 0 Å². The van der Waals surface area contributed by atoms with Crippen molar-refractivity contribution in [1.82, 2.24) is 4.31 Å². The minimum absolute atomic E-state index is 0.436. The molecule has 7 nitrogen and oxygen atoms in total.